The van der Waals surface area contributed by atoms with Crippen molar-refractivity contribution >= 4 is 23.2 Å². The molecule has 0 aliphatic carbocycles. The molecule has 1 N–H and O–H groups in total. The molecule has 0 spiro atoms. The van der Waals surface area contributed by atoms with Crippen LogP contribution in [0.4, 0.5) is 18.9 Å². The van der Waals surface area contributed by atoms with Crippen LogP contribution in [0, 0.1) is 10.1 Å². The van der Waals surface area contributed by atoms with Gasteiger partial charge in [-0.3, -0.25) is 14.9 Å². The van der Waals surface area contributed by atoms with Crippen molar-refractivity contribution in [1.82, 2.24) is 4.90 Å². The van der Waals surface area contributed by atoms with Gasteiger partial charge in [0, 0.05) is 24.1 Å². The molecule has 120 valence electrons. The Morgan fingerprint density at radius 1 is 1.45 bits per heavy atom. The average molecular weight is 339 g/mol. The standard InChI is InChI=1S/C12H10ClF3N2O4/c13-7-1-2-9(18(21)22)8(5-7)10(19)17-4-3-11(20,6-17)12(14,15)16/h1-2,5,20H,3-4,6H2/t11-/m0/s1. The molecule has 10 heteroatoms. The highest BCUT2D eigenvalue weighted by Gasteiger charge is 2.58. The Kier molecular flexibility index (Phi) is 4.05. The molecule has 0 aromatic heterocycles. The number of benzene rings is 1. The summed E-state index contributed by atoms with van der Waals surface area (Å²) in [5.74, 6) is -0.977. The third-order valence-electron chi connectivity index (χ3n) is 3.45. The number of halogens is 4. The van der Waals surface area contributed by atoms with Gasteiger partial charge in [-0.1, -0.05) is 11.6 Å². The van der Waals surface area contributed by atoms with E-state index in [1.165, 1.54) is 6.07 Å². The number of alkyl halides is 3. The Morgan fingerprint density at radius 2 is 2.09 bits per heavy atom. The monoisotopic (exact) mass is 338 g/mol. The van der Waals surface area contributed by atoms with Gasteiger partial charge in [-0.15, -0.1) is 0 Å². The molecule has 1 aliphatic rings. The molecule has 1 aliphatic heterocycles. The molecule has 2 rings (SSSR count). The molecule has 22 heavy (non-hydrogen) atoms. The fourth-order valence-corrected chi connectivity index (χ4v) is 2.38. The van der Waals surface area contributed by atoms with Gasteiger partial charge >= 0.3 is 6.18 Å². The zero-order valence-corrected chi connectivity index (χ0v) is 11.7. The molecule has 0 unspecified atom stereocenters. The van der Waals surface area contributed by atoms with E-state index in [1.807, 2.05) is 0 Å². The summed E-state index contributed by atoms with van der Waals surface area (Å²) < 4.78 is 38.2. The highest BCUT2D eigenvalue weighted by molar-refractivity contribution is 6.31. The number of nitro groups is 1. The topological polar surface area (TPSA) is 83.7 Å². The molecule has 0 radical (unpaired) electrons. The number of rotatable bonds is 2. The second-order valence-electron chi connectivity index (χ2n) is 4.92. The molecule has 1 amide bonds. The maximum atomic E-state index is 12.7. The van der Waals surface area contributed by atoms with E-state index >= 15 is 0 Å². The molecule has 1 atom stereocenters. The summed E-state index contributed by atoms with van der Waals surface area (Å²) in [5, 5.41) is 20.5. The van der Waals surface area contributed by atoms with Crippen molar-refractivity contribution in [3.63, 3.8) is 0 Å². The Hall–Kier alpha value is -1.87. The number of hydrogen-bond donors (Lipinski definition) is 1. The maximum absolute atomic E-state index is 12.7. The molecule has 1 aromatic rings. The van der Waals surface area contributed by atoms with E-state index in [9.17, 15) is 33.2 Å². The van der Waals surface area contributed by atoms with Gasteiger partial charge < -0.3 is 10.0 Å². The van der Waals surface area contributed by atoms with Crippen LogP contribution in [-0.4, -0.2) is 45.7 Å². The lowest BCUT2D eigenvalue weighted by molar-refractivity contribution is -0.385. The molecule has 1 fully saturated rings. The van der Waals surface area contributed by atoms with Crippen molar-refractivity contribution in [2.24, 2.45) is 0 Å². The molecular formula is C12H10ClF3N2O4. The molecule has 1 saturated heterocycles. The zero-order chi connectivity index (χ0) is 16.7. The lowest BCUT2D eigenvalue weighted by Crippen LogP contribution is -2.48. The first-order chi connectivity index (χ1) is 10.0. The van der Waals surface area contributed by atoms with E-state index in [0.29, 0.717) is 0 Å². The Bertz CT molecular complexity index is 637. The summed E-state index contributed by atoms with van der Waals surface area (Å²) in [6.07, 6.45) is -5.57. The first-order valence-electron chi connectivity index (χ1n) is 6.07. The van der Waals surface area contributed by atoms with Gasteiger partial charge in [0.1, 0.15) is 5.56 Å². The van der Waals surface area contributed by atoms with Crippen LogP contribution in [0.5, 0.6) is 0 Å². The largest absolute Gasteiger partial charge is 0.419 e. The van der Waals surface area contributed by atoms with Crippen molar-refractivity contribution in [2.45, 2.75) is 18.2 Å². The van der Waals surface area contributed by atoms with Crippen LogP contribution < -0.4 is 0 Å². The number of nitro benzene ring substituents is 1. The van der Waals surface area contributed by atoms with Gasteiger partial charge in [-0.25, -0.2) is 0 Å². The first-order valence-corrected chi connectivity index (χ1v) is 6.45. The molecular weight excluding hydrogens is 329 g/mol. The summed E-state index contributed by atoms with van der Waals surface area (Å²) in [7, 11) is 0. The number of likely N-dealkylation sites (tertiary alicyclic amines) is 1. The zero-order valence-electron chi connectivity index (χ0n) is 10.9. The second kappa shape index (κ2) is 5.40. The van der Waals surface area contributed by atoms with E-state index < -0.39 is 46.8 Å². The lowest BCUT2D eigenvalue weighted by atomic mass is 10.0. The molecule has 1 aromatic carbocycles. The van der Waals surface area contributed by atoms with Crippen molar-refractivity contribution in [1.29, 1.82) is 0 Å². The van der Waals surface area contributed by atoms with Gasteiger partial charge in [0.05, 0.1) is 11.5 Å². The number of hydrogen-bond acceptors (Lipinski definition) is 4. The smallest absolute Gasteiger partial charge is 0.379 e. The van der Waals surface area contributed by atoms with Crippen LogP contribution in [0.25, 0.3) is 0 Å². The van der Waals surface area contributed by atoms with Crippen LogP contribution in [0.2, 0.25) is 5.02 Å². The van der Waals surface area contributed by atoms with Crippen molar-refractivity contribution in [2.75, 3.05) is 13.1 Å². The number of carbonyl (C=O) groups excluding carboxylic acids is 1. The van der Waals surface area contributed by atoms with Crippen molar-refractivity contribution < 1.29 is 28.0 Å². The second-order valence-corrected chi connectivity index (χ2v) is 5.36. The molecule has 6 nitrogen and oxygen atoms in total. The summed E-state index contributed by atoms with van der Waals surface area (Å²) in [4.78, 5) is 23.0. The summed E-state index contributed by atoms with van der Waals surface area (Å²) in [6, 6.07) is 3.22. The molecule has 0 saturated carbocycles. The number of β-amino-alcohol motifs (C(OH)–C–C–N with tert-alkyl or cyclic N) is 1. The van der Waals surface area contributed by atoms with Crippen LogP contribution in [0.3, 0.4) is 0 Å². The highest BCUT2D eigenvalue weighted by atomic mass is 35.5. The van der Waals surface area contributed by atoms with Crippen LogP contribution >= 0.6 is 11.6 Å². The SMILES string of the molecule is O=C(c1cc(Cl)ccc1[N+](=O)[O-])N1CC[C@@](O)(C(F)(F)F)C1. The quantitative estimate of drug-likeness (QED) is 0.663. The van der Waals surface area contributed by atoms with Crippen LogP contribution in [0.15, 0.2) is 18.2 Å². The number of aliphatic hydroxyl groups is 1. The third-order valence-corrected chi connectivity index (χ3v) is 3.68. The average Bonchev–Trinajstić information content (AvgIpc) is 2.81. The highest BCUT2D eigenvalue weighted by Crippen LogP contribution is 2.38. The third kappa shape index (κ3) is 2.86. The minimum Gasteiger partial charge on any atom is -0.379 e. The van der Waals surface area contributed by atoms with Gasteiger partial charge in [-0.2, -0.15) is 13.2 Å². The molecule has 0 bridgehead atoms. The van der Waals surface area contributed by atoms with Crippen LogP contribution in [-0.2, 0) is 0 Å². The van der Waals surface area contributed by atoms with Crippen molar-refractivity contribution in [3.05, 3.63) is 38.9 Å². The normalized spacial score (nSPS) is 22.0. The van der Waals surface area contributed by atoms with Crippen LogP contribution in [0.1, 0.15) is 16.8 Å². The van der Waals surface area contributed by atoms with E-state index in [1.54, 1.807) is 0 Å². The minimum atomic E-state index is -4.89. The fraction of sp³-hybridized carbons (Fsp3) is 0.417. The summed E-state index contributed by atoms with van der Waals surface area (Å²) in [5.41, 5.74) is -3.98. The maximum Gasteiger partial charge on any atom is 0.419 e. The number of nitrogens with zero attached hydrogens (tertiary/aromatic N) is 2. The van der Waals surface area contributed by atoms with Gasteiger partial charge in [0.25, 0.3) is 11.6 Å². The van der Waals surface area contributed by atoms with E-state index in [0.717, 1.165) is 17.0 Å². The lowest BCUT2D eigenvalue weighted by Gasteiger charge is -2.25. The number of amides is 1. The summed E-state index contributed by atoms with van der Waals surface area (Å²) >= 11 is 5.68. The van der Waals surface area contributed by atoms with Gasteiger partial charge in [0.2, 0.25) is 0 Å². The Morgan fingerprint density at radius 3 is 2.59 bits per heavy atom. The minimum absolute atomic E-state index is 0.0410. The van der Waals surface area contributed by atoms with Crippen molar-refractivity contribution in [3.8, 4) is 0 Å². The van der Waals surface area contributed by atoms with E-state index in [-0.39, 0.29) is 11.6 Å². The Labute approximate surface area is 127 Å². The molecule has 1 heterocycles. The van der Waals surface area contributed by atoms with E-state index in [4.69, 9.17) is 11.6 Å². The van der Waals surface area contributed by atoms with Gasteiger partial charge in [0.15, 0.2) is 5.60 Å². The Balaban J connectivity index is 2.31. The van der Waals surface area contributed by atoms with Gasteiger partial charge in [-0.05, 0) is 12.1 Å². The predicted octanol–water partition coefficient (Wildman–Crippen LogP) is 2.39. The fourth-order valence-electron chi connectivity index (χ4n) is 2.21. The summed E-state index contributed by atoms with van der Waals surface area (Å²) in [6.45, 7) is -1.34. The van der Waals surface area contributed by atoms with E-state index in [2.05, 4.69) is 0 Å². The first kappa shape index (κ1) is 16.5. The number of carbonyl (C=O) groups is 1. The predicted molar refractivity (Wildman–Crippen MR) is 69.6 cm³/mol.